The fourth-order valence-electron chi connectivity index (χ4n) is 2.70. The maximum absolute atomic E-state index is 5.86. The maximum Gasteiger partial charge on any atom is 0.0611 e. The molecule has 94 valence electrons. The van der Waals surface area contributed by atoms with Crippen molar-refractivity contribution in [1.29, 1.82) is 0 Å². The highest BCUT2D eigenvalue weighted by Crippen LogP contribution is 2.35. The third-order valence-corrected chi connectivity index (χ3v) is 4.02. The minimum atomic E-state index is 0.198. The van der Waals surface area contributed by atoms with Crippen molar-refractivity contribution in [1.82, 2.24) is 5.32 Å². The Kier molecular flexibility index (Phi) is 4.22. The summed E-state index contributed by atoms with van der Waals surface area (Å²) in [6, 6.07) is 0. The summed E-state index contributed by atoms with van der Waals surface area (Å²) in [5.74, 6) is 1.05. The van der Waals surface area contributed by atoms with Gasteiger partial charge in [0.05, 0.1) is 6.10 Å². The molecule has 2 saturated carbocycles. The number of rotatable bonds is 8. The molecular formula is C13H26N2O. The fourth-order valence-corrected chi connectivity index (χ4v) is 2.70. The van der Waals surface area contributed by atoms with Crippen LogP contribution in [-0.2, 0) is 4.74 Å². The van der Waals surface area contributed by atoms with Crippen molar-refractivity contribution in [3.8, 4) is 0 Å². The molecule has 0 aromatic heterocycles. The van der Waals surface area contributed by atoms with Gasteiger partial charge in [0.25, 0.3) is 0 Å². The van der Waals surface area contributed by atoms with E-state index in [1.165, 1.54) is 25.7 Å². The van der Waals surface area contributed by atoms with E-state index in [0.29, 0.717) is 6.10 Å². The summed E-state index contributed by atoms with van der Waals surface area (Å²) in [7, 11) is 0. The Hall–Kier alpha value is -0.120. The highest BCUT2D eigenvalue weighted by Gasteiger charge is 2.43. The lowest BCUT2D eigenvalue weighted by molar-refractivity contribution is -0.0475. The van der Waals surface area contributed by atoms with Crippen molar-refractivity contribution >= 4 is 0 Å². The normalized spacial score (nSPS) is 33.8. The lowest BCUT2D eigenvalue weighted by Gasteiger charge is -2.47. The molecule has 0 atom stereocenters. The molecule has 3 nitrogen and oxygen atoms in total. The van der Waals surface area contributed by atoms with E-state index in [9.17, 15) is 0 Å². The number of nitrogens with one attached hydrogen (secondary N) is 1. The molecule has 2 rings (SSSR count). The quantitative estimate of drug-likeness (QED) is 0.619. The summed E-state index contributed by atoms with van der Waals surface area (Å²) < 4.78 is 5.59. The topological polar surface area (TPSA) is 47.3 Å². The number of ether oxygens (including phenoxy) is 1. The van der Waals surface area contributed by atoms with Crippen LogP contribution >= 0.6 is 0 Å². The van der Waals surface area contributed by atoms with Gasteiger partial charge >= 0.3 is 0 Å². The van der Waals surface area contributed by atoms with Gasteiger partial charge in [-0.2, -0.15) is 0 Å². The summed E-state index contributed by atoms with van der Waals surface area (Å²) in [5.41, 5.74) is 6.06. The lowest BCUT2D eigenvalue weighted by atomic mass is 9.74. The van der Waals surface area contributed by atoms with Crippen LogP contribution in [0.3, 0.4) is 0 Å². The summed E-state index contributed by atoms with van der Waals surface area (Å²) in [5, 5.41) is 3.65. The summed E-state index contributed by atoms with van der Waals surface area (Å²) in [6.45, 7) is 4.77. The average Bonchev–Trinajstić information content (AvgIpc) is 3.04. The molecule has 2 aliphatic rings. The molecule has 0 aliphatic heterocycles. The Morgan fingerprint density at radius 1 is 1.38 bits per heavy atom. The van der Waals surface area contributed by atoms with E-state index >= 15 is 0 Å². The zero-order valence-corrected chi connectivity index (χ0v) is 10.5. The summed E-state index contributed by atoms with van der Waals surface area (Å²) in [4.78, 5) is 0. The van der Waals surface area contributed by atoms with Crippen molar-refractivity contribution in [3.63, 3.8) is 0 Å². The molecule has 2 fully saturated rings. The smallest absolute Gasteiger partial charge is 0.0611 e. The minimum Gasteiger partial charge on any atom is -0.378 e. The van der Waals surface area contributed by atoms with Crippen molar-refractivity contribution in [2.24, 2.45) is 11.7 Å². The zero-order valence-electron chi connectivity index (χ0n) is 10.5. The van der Waals surface area contributed by atoms with E-state index in [2.05, 4.69) is 12.2 Å². The fraction of sp³-hybridized carbons (Fsp3) is 1.00. The molecule has 3 heteroatoms. The number of hydrogen-bond acceptors (Lipinski definition) is 3. The molecule has 2 aliphatic carbocycles. The second kappa shape index (κ2) is 5.48. The van der Waals surface area contributed by atoms with Crippen LogP contribution in [-0.4, -0.2) is 31.3 Å². The molecular weight excluding hydrogens is 200 g/mol. The van der Waals surface area contributed by atoms with Gasteiger partial charge in [0, 0.05) is 18.7 Å². The van der Waals surface area contributed by atoms with Gasteiger partial charge in [-0.15, -0.1) is 0 Å². The second-order valence-corrected chi connectivity index (χ2v) is 5.48. The van der Waals surface area contributed by atoms with Gasteiger partial charge in [0.2, 0.25) is 0 Å². The molecule has 0 heterocycles. The van der Waals surface area contributed by atoms with E-state index < -0.39 is 0 Å². The van der Waals surface area contributed by atoms with E-state index in [-0.39, 0.29) is 5.54 Å². The largest absolute Gasteiger partial charge is 0.378 e. The molecule has 0 radical (unpaired) electrons. The summed E-state index contributed by atoms with van der Waals surface area (Å²) in [6.07, 6.45) is 8.29. The second-order valence-electron chi connectivity index (χ2n) is 5.48. The van der Waals surface area contributed by atoms with Gasteiger partial charge in [-0.1, -0.05) is 12.8 Å². The summed E-state index contributed by atoms with van der Waals surface area (Å²) >= 11 is 0. The predicted octanol–water partition coefficient (Wildman–Crippen LogP) is 1.66. The van der Waals surface area contributed by atoms with E-state index in [1.807, 2.05) is 0 Å². The van der Waals surface area contributed by atoms with Crippen molar-refractivity contribution in [2.75, 3.05) is 19.7 Å². The van der Waals surface area contributed by atoms with Gasteiger partial charge in [0.15, 0.2) is 0 Å². The van der Waals surface area contributed by atoms with Crippen molar-refractivity contribution in [2.45, 2.75) is 57.1 Å². The Morgan fingerprint density at radius 2 is 2.12 bits per heavy atom. The van der Waals surface area contributed by atoms with Gasteiger partial charge < -0.3 is 15.8 Å². The molecule has 0 saturated heterocycles. The number of hydrogen-bond donors (Lipinski definition) is 2. The van der Waals surface area contributed by atoms with Crippen LogP contribution in [0.15, 0.2) is 0 Å². The highest BCUT2D eigenvalue weighted by atomic mass is 16.5. The van der Waals surface area contributed by atoms with E-state index in [1.54, 1.807) is 0 Å². The molecule has 0 unspecified atom stereocenters. The van der Waals surface area contributed by atoms with Crippen molar-refractivity contribution in [3.05, 3.63) is 0 Å². The van der Waals surface area contributed by atoms with Crippen LogP contribution in [0.5, 0.6) is 0 Å². The molecule has 0 amide bonds. The lowest BCUT2D eigenvalue weighted by Crippen LogP contribution is -2.62. The number of nitrogens with two attached hydrogens (primary N) is 1. The Labute approximate surface area is 99.1 Å². The minimum absolute atomic E-state index is 0.198. The predicted molar refractivity (Wildman–Crippen MR) is 66.4 cm³/mol. The SMILES string of the molecule is CCOC1CC(CN)(NCCCC2CC2)C1. The van der Waals surface area contributed by atoms with Crippen molar-refractivity contribution < 1.29 is 4.74 Å². The van der Waals surface area contributed by atoms with Gasteiger partial charge in [0.1, 0.15) is 0 Å². The first-order valence-corrected chi connectivity index (χ1v) is 6.85. The van der Waals surface area contributed by atoms with Crippen LogP contribution < -0.4 is 11.1 Å². The monoisotopic (exact) mass is 226 g/mol. The van der Waals surface area contributed by atoms with Crippen LogP contribution in [0.4, 0.5) is 0 Å². The average molecular weight is 226 g/mol. The van der Waals surface area contributed by atoms with Gasteiger partial charge in [-0.3, -0.25) is 0 Å². The molecule has 16 heavy (non-hydrogen) atoms. The Bertz CT molecular complexity index is 210. The first kappa shape index (κ1) is 12.3. The third kappa shape index (κ3) is 3.19. The van der Waals surface area contributed by atoms with Crippen LogP contribution in [0.2, 0.25) is 0 Å². The van der Waals surface area contributed by atoms with E-state index in [4.69, 9.17) is 10.5 Å². The molecule has 0 aromatic rings. The molecule has 3 N–H and O–H groups in total. The standard InChI is InChI=1S/C13H26N2O/c1-2-16-12-8-13(9-12,10-14)15-7-3-4-11-5-6-11/h11-12,15H,2-10,14H2,1H3. The maximum atomic E-state index is 5.86. The zero-order chi connectivity index (χ0) is 11.4. The first-order chi connectivity index (χ1) is 7.78. The van der Waals surface area contributed by atoms with Crippen LogP contribution in [0.1, 0.15) is 45.4 Å². The van der Waals surface area contributed by atoms with Gasteiger partial charge in [-0.25, -0.2) is 0 Å². The third-order valence-electron chi connectivity index (χ3n) is 4.02. The Morgan fingerprint density at radius 3 is 2.69 bits per heavy atom. The van der Waals surface area contributed by atoms with Gasteiger partial charge in [-0.05, 0) is 45.1 Å². The molecule has 0 bridgehead atoms. The van der Waals surface area contributed by atoms with Crippen LogP contribution in [0, 0.1) is 5.92 Å². The molecule has 0 aromatic carbocycles. The highest BCUT2D eigenvalue weighted by molar-refractivity contribution is 5.02. The molecule has 0 spiro atoms. The first-order valence-electron chi connectivity index (χ1n) is 6.85. The van der Waals surface area contributed by atoms with E-state index in [0.717, 1.165) is 38.5 Å². The van der Waals surface area contributed by atoms with Crippen LogP contribution in [0.25, 0.3) is 0 Å². The Balaban J connectivity index is 1.58.